The highest BCUT2D eigenvalue weighted by Crippen LogP contribution is 2.08. The predicted molar refractivity (Wildman–Crippen MR) is 79.6 cm³/mol. The molecule has 3 N–H and O–H groups in total. The number of rotatable bonds is 8. The minimum atomic E-state index is -0.402. The third kappa shape index (κ3) is 7.31. The van der Waals surface area contributed by atoms with Crippen molar-refractivity contribution in [3.8, 4) is 0 Å². The maximum absolute atomic E-state index is 11.5. The van der Waals surface area contributed by atoms with Gasteiger partial charge in [0.15, 0.2) is 6.61 Å². The Morgan fingerprint density at radius 1 is 1.29 bits per heavy atom. The van der Waals surface area contributed by atoms with Crippen LogP contribution in [-0.4, -0.2) is 38.2 Å². The summed E-state index contributed by atoms with van der Waals surface area (Å²) in [7, 11) is 1.56. The van der Waals surface area contributed by atoms with E-state index in [1.54, 1.807) is 19.2 Å². The average Bonchev–Trinajstić information content (AvgIpc) is 2.44. The van der Waals surface area contributed by atoms with Crippen LogP contribution in [0.3, 0.4) is 0 Å². The lowest BCUT2D eigenvalue weighted by Gasteiger charge is -2.12. The number of methoxy groups -OCH3 is 1. The molecule has 0 spiro atoms. The molecular formula is C15H22N2O4. The van der Waals surface area contributed by atoms with Crippen LogP contribution in [0.2, 0.25) is 0 Å². The normalized spacial score (nSPS) is 11.7. The van der Waals surface area contributed by atoms with Gasteiger partial charge in [-0.1, -0.05) is 12.1 Å². The van der Waals surface area contributed by atoms with Gasteiger partial charge in [0, 0.05) is 25.3 Å². The number of hydrogen-bond acceptors (Lipinski definition) is 5. The van der Waals surface area contributed by atoms with Gasteiger partial charge >= 0.3 is 5.97 Å². The number of nitrogens with one attached hydrogen (secondary N) is 1. The molecule has 1 aromatic carbocycles. The maximum atomic E-state index is 11.5. The molecule has 1 aromatic rings. The lowest BCUT2D eigenvalue weighted by Crippen LogP contribution is -2.38. The molecule has 0 saturated heterocycles. The van der Waals surface area contributed by atoms with Crippen molar-refractivity contribution in [1.82, 2.24) is 5.32 Å². The molecule has 6 nitrogen and oxygen atoms in total. The summed E-state index contributed by atoms with van der Waals surface area (Å²) in [5, 5.41) is 2.66. The molecule has 0 radical (unpaired) electrons. The minimum absolute atomic E-state index is 0.115. The Morgan fingerprint density at radius 3 is 2.57 bits per heavy atom. The van der Waals surface area contributed by atoms with Crippen LogP contribution in [0.15, 0.2) is 24.3 Å². The first-order valence-electron chi connectivity index (χ1n) is 6.79. The van der Waals surface area contributed by atoms with Gasteiger partial charge in [0.2, 0.25) is 0 Å². The van der Waals surface area contributed by atoms with E-state index in [4.69, 9.17) is 15.2 Å². The van der Waals surface area contributed by atoms with Crippen LogP contribution < -0.4 is 11.1 Å². The average molecular weight is 294 g/mol. The third-order valence-corrected chi connectivity index (χ3v) is 2.79. The number of esters is 1. The molecule has 1 atom stereocenters. The van der Waals surface area contributed by atoms with Crippen LogP contribution in [0, 0.1) is 0 Å². The number of anilines is 1. The zero-order valence-electron chi connectivity index (χ0n) is 12.4. The summed E-state index contributed by atoms with van der Waals surface area (Å²) in [5.74, 6) is -0.734. The first kappa shape index (κ1) is 17.0. The zero-order valence-corrected chi connectivity index (χ0v) is 12.4. The van der Waals surface area contributed by atoms with E-state index in [0.29, 0.717) is 18.7 Å². The van der Waals surface area contributed by atoms with Crippen LogP contribution in [0.4, 0.5) is 5.69 Å². The van der Waals surface area contributed by atoms with Gasteiger partial charge in [-0.05, 0) is 31.0 Å². The summed E-state index contributed by atoms with van der Waals surface area (Å²) in [6.07, 6.45) is 0.783. The van der Waals surface area contributed by atoms with E-state index in [-0.39, 0.29) is 25.0 Å². The Hall–Kier alpha value is -2.08. The van der Waals surface area contributed by atoms with E-state index in [0.717, 1.165) is 5.56 Å². The Kier molecular flexibility index (Phi) is 7.25. The summed E-state index contributed by atoms with van der Waals surface area (Å²) in [6.45, 7) is 1.95. The van der Waals surface area contributed by atoms with Crippen LogP contribution in [-0.2, 0) is 25.5 Å². The molecule has 1 rings (SSSR count). The highest BCUT2D eigenvalue weighted by atomic mass is 16.5. The lowest BCUT2D eigenvalue weighted by atomic mass is 10.1. The van der Waals surface area contributed by atoms with Gasteiger partial charge in [-0.25, -0.2) is 0 Å². The van der Waals surface area contributed by atoms with Crippen molar-refractivity contribution in [3.63, 3.8) is 0 Å². The second-order valence-corrected chi connectivity index (χ2v) is 4.83. The molecule has 0 fully saturated rings. The molecule has 1 unspecified atom stereocenters. The molecule has 21 heavy (non-hydrogen) atoms. The summed E-state index contributed by atoms with van der Waals surface area (Å²) in [5.41, 5.74) is 7.26. The van der Waals surface area contributed by atoms with Crippen molar-refractivity contribution in [3.05, 3.63) is 29.8 Å². The zero-order chi connectivity index (χ0) is 15.7. The van der Waals surface area contributed by atoms with E-state index in [1.807, 2.05) is 19.1 Å². The predicted octanol–water partition coefficient (Wildman–Crippen LogP) is 0.896. The third-order valence-electron chi connectivity index (χ3n) is 2.79. The topological polar surface area (TPSA) is 90.6 Å². The SMILES string of the molecule is COCC(C)NC(=O)COC(=O)CCc1ccc(N)cc1. The Labute approximate surface area is 124 Å². The van der Waals surface area contributed by atoms with E-state index >= 15 is 0 Å². The standard InChI is InChI=1S/C15H22N2O4/c1-11(9-20-2)17-14(18)10-21-15(19)8-5-12-3-6-13(16)7-4-12/h3-4,6-7,11H,5,8-10,16H2,1-2H3,(H,17,18). The molecule has 1 amide bonds. The first-order valence-corrected chi connectivity index (χ1v) is 6.79. The summed E-state index contributed by atoms with van der Waals surface area (Å²) in [4.78, 5) is 23.0. The Bertz CT molecular complexity index is 459. The number of nitrogens with two attached hydrogens (primary N) is 1. The highest BCUT2D eigenvalue weighted by Gasteiger charge is 2.10. The summed E-state index contributed by atoms with van der Waals surface area (Å²) >= 11 is 0. The van der Waals surface area contributed by atoms with Crippen molar-refractivity contribution in [2.24, 2.45) is 0 Å². The van der Waals surface area contributed by atoms with Crippen molar-refractivity contribution < 1.29 is 19.1 Å². The van der Waals surface area contributed by atoms with Gasteiger partial charge in [0.1, 0.15) is 0 Å². The van der Waals surface area contributed by atoms with Crippen LogP contribution in [0.5, 0.6) is 0 Å². The highest BCUT2D eigenvalue weighted by molar-refractivity contribution is 5.80. The van der Waals surface area contributed by atoms with Crippen molar-refractivity contribution in [2.45, 2.75) is 25.8 Å². The molecule has 0 aliphatic carbocycles. The van der Waals surface area contributed by atoms with Gasteiger partial charge < -0.3 is 20.5 Å². The smallest absolute Gasteiger partial charge is 0.306 e. The monoisotopic (exact) mass is 294 g/mol. The van der Waals surface area contributed by atoms with Crippen molar-refractivity contribution in [1.29, 1.82) is 0 Å². The molecule has 6 heteroatoms. The largest absolute Gasteiger partial charge is 0.456 e. The van der Waals surface area contributed by atoms with Crippen molar-refractivity contribution >= 4 is 17.6 Å². The molecule has 0 heterocycles. The maximum Gasteiger partial charge on any atom is 0.306 e. The number of aryl methyl sites for hydroxylation is 1. The molecular weight excluding hydrogens is 272 g/mol. The molecule has 0 aliphatic heterocycles. The van der Waals surface area contributed by atoms with Crippen LogP contribution >= 0.6 is 0 Å². The summed E-state index contributed by atoms with van der Waals surface area (Å²) < 4.78 is 9.81. The van der Waals surface area contributed by atoms with Gasteiger partial charge in [-0.15, -0.1) is 0 Å². The van der Waals surface area contributed by atoms with Gasteiger partial charge in [0.05, 0.1) is 6.61 Å². The number of amides is 1. The molecule has 0 aliphatic rings. The summed E-state index contributed by atoms with van der Waals surface area (Å²) in [6, 6.07) is 7.18. The number of carbonyl (C=O) groups is 2. The van der Waals surface area contributed by atoms with Crippen molar-refractivity contribution in [2.75, 3.05) is 26.1 Å². The van der Waals surface area contributed by atoms with Crippen LogP contribution in [0.25, 0.3) is 0 Å². The van der Waals surface area contributed by atoms with Gasteiger partial charge in [0.25, 0.3) is 5.91 Å². The quantitative estimate of drug-likeness (QED) is 0.549. The molecule has 0 bridgehead atoms. The number of carbonyl (C=O) groups excluding carboxylic acids is 2. The van der Waals surface area contributed by atoms with E-state index in [9.17, 15) is 9.59 Å². The molecule has 0 aromatic heterocycles. The Morgan fingerprint density at radius 2 is 1.95 bits per heavy atom. The number of nitrogen functional groups attached to an aromatic ring is 1. The Balaban J connectivity index is 2.21. The van der Waals surface area contributed by atoms with E-state index in [1.165, 1.54) is 0 Å². The fourth-order valence-corrected chi connectivity index (χ4v) is 1.76. The lowest BCUT2D eigenvalue weighted by molar-refractivity contribution is -0.148. The number of hydrogen-bond donors (Lipinski definition) is 2. The van der Waals surface area contributed by atoms with Gasteiger partial charge in [-0.2, -0.15) is 0 Å². The molecule has 0 saturated carbocycles. The van der Waals surface area contributed by atoms with E-state index in [2.05, 4.69) is 5.32 Å². The van der Waals surface area contributed by atoms with Gasteiger partial charge in [-0.3, -0.25) is 9.59 Å². The van der Waals surface area contributed by atoms with E-state index < -0.39 is 5.97 Å². The second-order valence-electron chi connectivity index (χ2n) is 4.83. The molecule has 116 valence electrons. The fourth-order valence-electron chi connectivity index (χ4n) is 1.76. The van der Waals surface area contributed by atoms with Crippen LogP contribution in [0.1, 0.15) is 18.9 Å². The number of ether oxygens (including phenoxy) is 2. The minimum Gasteiger partial charge on any atom is -0.456 e. The fraction of sp³-hybridized carbons (Fsp3) is 0.467. The second kappa shape index (κ2) is 8.97. The number of benzene rings is 1. The first-order chi connectivity index (χ1) is 10.0.